The molecular weight excluding hydrogens is 320 g/mol. The van der Waals surface area contributed by atoms with Gasteiger partial charge in [-0.2, -0.15) is 0 Å². The van der Waals surface area contributed by atoms with Crippen molar-refractivity contribution in [3.8, 4) is 11.5 Å². The molecule has 1 saturated heterocycles. The molecule has 1 amide bonds. The molecule has 25 heavy (non-hydrogen) atoms. The number of benzene rings is 2. The van der Waals surface area contributed by atoms with Crippen LogP contribution in [0.1, 0.15) is 18.2 Å². The zero-order valence-electron chi connectivity index (χ0n) is 14.1. The SMILES string of the molecule is COc1ccc(OC)c(N2CC(c3nc4ccccc4o3)CC2=O)c1. The van der Waals surface area contributed by atoms with E-state index < -0.39 is 0 Å². The molecule has 1 aliphatic rings. The number of para-hydroxylation sites is 2. The Labute approximate surface area is 145 Å². The van der Waals surface area contributed by atoms with E-state index in [-0.39, 0.29) is 11.8 Å². The lowest BCUT2D eigenvalue weighted by molar-refractivity contribution is -0.117. The summed E-state index contributed by atoms with van der Waals surface area (Å²) in [7, 11) is 3.18. The number of amides is 1. The molecule has 2 aromatic carbocycles. The van der Waals surface area contributed by atoms with Crippen LogP contribution in [0.3, 0.4) is 0 Å². The summed E-state index contributed by atoms with van der Waals surface area (Å²) in [6.07, 6.45) is 0.354. The average molecular weight is 338 g/mol. The molecule has 6 nitrogen and oxygen atoms in total. The van der Waals surface area contributed by atoms with Crippen molar-refractivity contribution >= 4 is 22.7 Å². The summed E-state index contributed by atoms with van der Waals surface area (Å²) in [5.41, 5.74) is 2.25. The van der Waals surface area contributed by atoms with Gasteiger partial charge < -0.3 is 18.8 Å². The number of ether oxygens (including phenoxy) is 2. The van der Waals surface area contributed by atoms with Crippen molar-refractivity contribution in [3.63, 3.8) is 0 Å². The van der Waals surface area contributed by atoms with Gasteiger partial charge in [-0.1, -0.05) is 12.1 Å². The monoisotopic (exact) mass is 338 g/mol. The van der Waals surface area contributed by atoms with Crippen LogP contribution < -0.4 is 14.4 Å². The number of aromatic nitrogens is 1. The minimum atomic E-state index is -0.0872. The number of carbonyl (C=O) groups excluding carboxylic acids is 1. The molecule has 1 aliphatic heterocycles. The summed E-state index contributed by atoms with van der Waals surface area (Å²) in [4.78, 5) is 18.8. The van der Waals surface area contributed by atoms with E-state index >= 15 is 0 Å². The summed E-state index contributed by atoms with van der Waals surface area (Å²) in [6.45, 7) is 0.495. The maximum Gasteiger partial charge on any atom is 0.227 e. The van der Waals surface area contributed by atoms with Crippen molar-refractivity contribution in [1.29, 1.82) is 0 Å². The number of rotatable bonds is 4. The highest BCUT2D eigenvalue weighted by atomic mass is 16.5. The second-order valence-electron chi connectivity index (χ2n) is 5.96. The van der Waals surface area contributed by atoms with Gasteiger partial charge in [0.1, 0.15) is 17.0 Å². The fraction of sp³-hybridized carbons (Fsp3) is 0.263. The minimum Gasteiger partial charge on any atom is -0.497 e. The van der Waals surface area contributed by atoms with E-state index in [1.807, 2.05) is 30.3 Å². The first kappa shape index (κ1) is 15.5. The van der Waals surface area contributed by atoms with Crippen molar-refractivity contribution < 1.29 is 18.7 Å². The molecule has 0 saturated carbocycles. The molecule has 1 unspecified atom stereocenters. The second-order valence-corrected chi connectivity index (χ2v) is 5.96. The highest BCUT2D eigenvalue weighted by molar-refractivity contribution is 5.98. The molecule has 1 atom stereocenters. The number of hydrogen-bond acceptors (Lipinski definition) is 5. The fourth-order valence-corrected chi connectivity index (χ4v) is 3.18. The van der Waals surface area contributed by atoms with E-state index in [1.54, 1.807) is 31.3 Å². The highest BCUT2D eigenvalue weighted by Crippen LogP contribution is 2.38. The second kappa shape index (κ2) is 6.12. The van der Waals surface area contributed by atoms with Crippen LogP contribution in [0, 0.1) is 0 Å². The lowest BCUT2D eigenvalue weighted by Gasteiger charge is -2.20. The van der Waals surface area contributed by atoms with Gasteiger partial charge >= 0.3 is 0 Å². The van der Waals surface area contributed by atoms with Crippen LogP contribution in [0.25, 0.3) is 11.1 Å². The summed E-state index contributed by atoms with van der Waals surface area (Å²) >= 11 is 0. The quantitative estimate of drug-likeness (QED) is 0.730. The van der Waals surface area contributed by atoms with Crippen LogP contribution in [0.4, 0.5) is 5.69 Å². The molecule has 3 aromatic rings. The third kappa shape index (κ3) is 2.69. The minimum absolute atomic E-state index is 0.0128. The summed E-state index contributed by atoms with van der Waals surface area (Å²) in [5.74, 6) is 1.83. The predicted molar refractivity (Wildman–Crippen MR) is 93.3 cm³/mol. The highest BCUT2D eigenvalue weighted by Gasteiger charge is 2.36. The largest absolute Gasteiger partial charge is 0.497 e. The molecule has 0 radical (unpaired) electrons. The van der Waals surface area contributed by atoms with Crippen molar-refractivity contribution in [1.82, 2.24) is 4.98 Å². The van der Waals surface area contributed by atoms with E-state index in [9.17, 15) is 4.79 Å². The first-order valence-corrected chi connectivity index (χ1v) is 8.07. The number of hydrogen-bond donors (Lipinski definition) is 0. The Balaban J connectivity index is 1.66. The smallest absolute Gasteiger partial charge is 0.227 e. The molecule has 0 bridgehead atoms. The van der Waals surface area contributed by atoms with Gasteiger partial charge in [-0.15, -0.1) is 0 Å². The normalized spacial score (nSPS) is 17.3. The Kier molecular flexibility index (Phi) is 3.80. The molecule has 128 valence electrons. The maximum absolute atomic E-state index is 12.6. The lowest BCUT2D eigenvalue weighted by Crippen LogP contribution is -2.24. The molecule has 0 N–H and O–H groups in total. The zero-order chi connectivity index (χ0) is 17.4. The third-order valence-corrected chi connectivity index (χ3v) is 4.46. The zero-order valence-corrected chi connectivity index (χ0v) is 14.1. The van der Waals surface area contributed by atoms with Crippen molar-refractivity contribution in [2.24, 2.45) is 0 Å². The molecule has 1 fully saturated rings. The van der Waals surface area contributed by atoms with Crippen LogP contribution in [-0.2, 0) is 4.79 Å². The van der Waals surface area contributed by atoms with Crippen LogP contribution in [0.2, 0.25) is 0 Å². The van der Waals surface area contributed by atoms with Crippen molar-refractivity contribution in [2.45, 2.75) is 12.3 Å². The van der Waals surface area contributed by atoms with Crippen LogP contribution >= 0.6 is 0 Å². The first-order valence-electron chi connectivity index (χ1n) is 8.07. The predicted octanol–water partition coefficient (Wildman–Crippen LogP) is 3.37. The standard InChI is InChI=1S/C19H18N2O4/c1-23-13-7-8-17(24-2)15(10-13)21-11-12(9-18(21)22)19-20-14-5-3-4-6-16(14)25-19/h3-8,10,12H,9,11H2,1-2H3. The molecule has 0 spiro atoms. The van der Waals surface area contributed by atoms with Crippen molar-refractivity contribution in [2.75, 3.05) is 25.7 Å². The third-order valence-electron chi connectivity index (χ3n) is 4.46. The number of fused-ring (bicyclic) bond motifs is 1. The molecule has 6 heteroatoms. The molecule has 4 rings (SSSR count). The molecule has 2 heterocycles. The van der Waals surface area contributed by atoms with Gasteiger partial charge in [0.15, 0.2) is 5.58 Å². The Morgan fingerprint density at radius 2 is 2.00 bits per heavy atom. The van der Waals surface area contributed by atoms with Gasteiger partial charge in [0.25, 0.3) is 0 Å². The number of oxazole rings is 1. The van der Waals surface area contributed by atoms with Crippen LogP contribution in [0.5, 0.6) is 11.5 Å². The fourth-order valence-electron chi connectivity index (χ4n) is 3.18. The summed E-state index contributed by atoms with van der Waals surface area (Å²) in [5, 5.41) is 0. The van der Waals surface area contributed by atoms with E-state index in [2.05, 4.69) is 4.98 Å². The van der Waals surface area contributed by atoms with Gasteiger partial charge in [0, 0.05) is 19.0 Å². The Bertz CT molecular complexity index is 901. The van der Waals surface area contributed by atoms with Crippen LogP contribution in [0.15, 0.2) is 46.9 Å². The molecule has 0 aliphatic carbocycles. The Morgan fingerprint density at radius 3 is 2.76 bits per heavy atom. The van der Waals surface area contributed by atoms with Gasteiger partial charge in [-0.3, -0.25) is 4.79 Å². The van der Waals surface area contributed by atoms with E-state index in [0.29, 0.717) is 36.0 Å². The maximum atomic E-state index is 12.6. The number of anilines is 1. The number of carbonyl (C=O) groups is 1. The summed E-state index contributed by atoms with van der Waals surface area (Å²) in [6, 6.07) is 13.0. The topological polar surface area (TPSA) is 64.8 Å². The van der Waals surface area contributed by atoms with Crippen molar-refractivity contribution in [3.05, 3.63) is 48.4 Å². The van der Waals surface area contributed by atoms with E-state index in [0.717, 1.165) is 11.1 Å². The van der Waals surface area contributed by atoms with Gasteiger partial charge in [0.05, 0.1) is 25.8 Å². The number of nitrogens with zero attached hydrogens (tertiary/aromatic N) is 2. The average Bonchev–Trinajstić information content (AvgIpc) is 3.24. The molecule has 1 aromatic heterocycles. The summed E-state index contributed by atoms with van der Waals surface area (Å²) < 4.78 is 16.5. The van der Waals surface area contributed by atoms with Gasteiger partial charge in [0.2, 0.25) is 11.8 Å². The van der Waals surface area contributed by atoms with E-state index in [1.165, 1.54) is 0 Å². The van der Waals surface area contributed by atoms with Gasteiger partial charge in [-0.25, -0.2) is 4.98 Å². The Hall–Kier alpha value is -3.02. The Morgan fingerprint density at radius 1 is 1.16 bits per heavy atom. The lowest BCUT2D eigenvalue weighted by atomic mass is 10.1. The molecular formula is C19H18N2O4. The van der Waals surface area contributed by atoms with Crippen LogP contribution in [-0.4, -0.2) is 31.7 Å². The van der Waals surface area contributed by atoms with E-state index in [4.69, 9.17) is 13.9 Å². The van der Waals surface area contributed by atoms with Gasteiger partial charge in [-0.05, 0) is 24.3 Å². The first-order chi connectivity index (χ1) is 12.2. The number of methoxy groups -OCH3 is 2.